The number of nitrogens with zero attached hydrogens (tertiary/aromatic N) is 1. The molecule has 0 radical (unpaired) electrons. The number of carboxylic acid groups (broad SMARTS) is 1. The summed E-state index contributed by atoms with van der Waals surface area (Å²) < 4.78 is 0. The second-order valence-corrected chi connectivity index (χ2v) is 6.15. The first-order valence-corrected chi connectivity index (χ1v) is 7.65. The maximum Gasteiger partial charge on any atom is 0.353 e. The van der Waals surface area contributed by atoms with Crippen molar-refractivity contribution < 1.29 is 9.90 Å². The van der Waals surface area contributed by atoms with Crippen molar-refractivity contribution in [3.8, 4) is 0 Å². The summed E-state index contributed by atoms with van der Waals surface area (Å²) in [7, 11) is 0. The smallest absolute Gasteiger partial charge is 0.353 e. The number of rotatable bonds is 3. The molecule has 20 heavy (non-hydrogen) atoms. The Hall–Kier alpha value is -1.59. The number of hydrogen-bond acceptors (Lipinski definition) is 3. The first kappa shape index (κ1) is 13.4. The Labute approximate surface area is 127 Å². The third-order valence-electron chi connectivity index (χ3n) is 3.37. The Bertz CT molecular complexity index is 649. The van der Waals surface area contributed by atoms with E-state index < -0.39 is 5.97 Å². The van der Waals surface area contributed by atoms with E-state index in [9.17, 15) is 9.90 Å². The molecule has 1 atom stereocenters. The second kappa shape index (κ2) is 5.07. The van der Waals surface area contributed by atoms with Gasteiger partial charge in [-0.2, -0.15) is 0 Å². The standard InChI is InChI=1S/C15H13NO2S2/c1-2-11-12(15(17)18)16-13(19)10(14(16)20-11)8-9-6-4-3-5-7-9/h3-8,14H,2H2,1H3,(H,17,18)/b10-8+/t14-/m0/s1. The van der Waals surface area contributed by atoms with Crippen LogP contribution < -0.4 is 0 Å². The van der Waals surface area contributed by atoms with Crippen LogP contribution in [0.3, 0.4) is 0 Å². The fourth-order valence-electron chi connectivity index (χ4n) is 2.42. The minimum Gasteiger partial charge on any atom is -0.477 e. The zero-order valence-corrected chi connectivity index (χ0v) is 12.5. The van der Waals surface area contributed by atoms with Crippen molar-refractivity contribution in [2.24, 2.45) is 0 Å². The van der Waals surface area contributed by atoms with Crippen LogP contribution in [0.1, 0.15) is 18.9 Å². The highest BCUT2D eigenvalue weighted by Gasteiger charge is 2.49. The second-order valence-electron chi connectivity index (χ2n) is 4.59. The third-order valence-corrected chi connectivity index (χ3v) is 5.26. The number of fused-ring (bicyclic) bond motifs is 1. The van der Waals surface area contributed by atoms with Gasteiger partial charge in [0, 0.05) is 10.5 Å². The minimum absolute atomic E-state index is 0.0313. The molecule has 2 aliphatic rings. The van der Waals surface area contributed by atoms with Crippen LogP contribution in [0.25, 0.3) is 6.08 Å². The van der Waals surface area contributed by atoms with E-state index in [1.54, 1.807) is 16.7 Å². The van der Waals surface area contributed by atoms with Crippen molar-refractivity contribution >= 4 is 41.0 Å². The van der Waals surface area contributed by atoms with Gasteiger partial charge in [0.05, 0.1) is 0 Å². The van der Waals surface area contributed by atoms with Gasteiger partial charge in [-0.15, -0.1) is 0 Å². The Morgan fingerprint density at radius 2 is 2.15 bits per heavy atom. The van der Waals surface area contributed by atoms with E-state index in [2.05, 4.69) is 6.08 Å². The van der Waals surface area contributed by atoms with Gasteiger partial charge in [-0.3, -0.25) is 0 Å². The highest BCUT2D eigenvalue weighted by atomic mass is 32.2. The molecule has 1 saturated heterocycles. The van der Waals surface area contributed by atoms with Crippen molar-refractivity contribution in [2.75, 3.05) is 0 Å². The summed E-state index contributed by atoms with van der Waals surface area (Å²) >= 11 is 6.98. The first-order chi connectivity index (χ1) is 9.63. The van der Waals surface area contributed by atoms with Crippen LogP contribution in [0.4, 0.5) is 0 Å². The molecule has 3 rings (SSSR count). The zero-order chi connectivity index (χ0) is 14.3. The van der Waals surface area contributed by atoms with Crippen LogP contribution in [-0.4, -0.2) is 26.3 Å². The number of allylic oxidation sites excluding steroid dienone is 1. The molecule has 1 fully saturated rings. The summed E-state index contributed by atoms with van der Waals surface area (Å²) in [5.41, 5.74) is 2.49. The van der Waals surface area contributed by atoms with E-state index in [4.69, 9.17) is 12.2 Å². The average molecular weight is 303 g/mol. The van der Waals surface area contributed by atoms with Crippen LogP contribution in [-0.2, 0) is 4.79 Å². The summed E-state index contributed by atoms with van der Waals surface area (Å²) in [5, 5.41) is 9.37. The average Bonchev–Trinajstić information content (AvgIpc) is 2.81. The number of carbonyl (C=O) groups is 1. The van der Waals surface area contributed by atoms with E-state index in [0.29, 0.717) is 10.7 Å². The lowest BCUT2D eigenvalue weighted by Crippen LogP contribution is -2.50. The SMILES string of the molecule is CCC1=C(C(=O)O)N2C(=S)/C(=C\c3ccccc3)[C@@H]2S1. The molecule has 0 saturated carbocycles. The van der Waals surface area contributed by atoms with Crippen molar-refractivity contribution in [1.29, 1.82) is 0 Å². The highest BCUT2D eigenvalue weighted by Crippen LogP contribution is 2.50. The summed E-state index contributed by atoms with van der Waals surface area (Å²) in [4.78, 5) is 14.7. The number of aliphatic carboxylic acids is 1. The van der Waals surface area contributed by atoms with E-state index in [0.717, 1.165) is 22.5 Å². The highest BCUT2D eigenvalue weighted by molar-refractivity contribution is 8.04. The Morgan fingerprint density at radius 1 is 1.45 bits per heavy atom. The lowest BCUT2D eigenvalue weighted by molar-refractivity contribution is -0.134. The molecule has 0 unspecified atom stereocenters. The molecule has 0 aliphatic carbocycles. The molecule has 2 heterocycles. The predicted molar refractivity (Wildman–Crippen MR) is 85.2 cm³/mol. The molecule has 102 valence electrons. The zero-order valence-electron chi connectivity index (χ0n) is 10.9. The summed E-state index contributed by atoms with van der Waals surface area (Å²) in [6, 6.07) is 9.96. The van der Waals surface area contributed by atoms with E-state index >= 15 is 0 Å². The summed E-state index contributed by atoms with van der Waals surface area (Å²) in [6.45, 7) is 1.97. The molecule has 1 aromatic carbocycles. The Morgan fingerprint density at radius 3 is 2.75 bits per heavy atom. The van der Waals surface area contributed by atoms with Gasteiger partial charge in [-0.1, -0.05) is 61.2 Å². The Balaban J connectivity index is 1.92. The minimum atomic E-state index is -0.891. The lowest BCUT2D eigenvalue weighted by atomic mass is 10.0. The van der Waals surface area contributed by atoms with Crippen LogP contribution in [0.15, 0.2) is 46.5 Å². The van der Waals surface area contributed by atoms with Crippen LogP contribution >= 0.6 is 24.0 Å². The molecule has 0 spiro atoms. The largest absolute Gasteiger partial charge is 0.477 e. The van der Waals surface area contributed by atoms with Crippen LogP contribution in [0.2, 0.25) is 0 Å². The van der Waals surface area contributed by atoms with Crippen LogP contribution in [0.5, 0.6) is 0 Å². The van der Waals surface area contributed by atoms with Gasteiger partial charge < -0.3 is 10.0 Å². The number of hydrogen-bond donors (Lipinski definition) is 1. The van der Waals surface area contributed by atoms with Gasteiger partial charge in [0.1, 0.15) is 16.1 Å². The van der Waals surface area contributed by atoms with Crippen molar-refractivity contribution in [1.82, 2.24) is 4.90 Å². The normalized spacial score (nSPS) is 23.1. The van der Waals surface area contributed by atoms with Gasteiger partial charge in [-0.25, -0.2) is 4.79 Å². The molecule has 5 heteroatoms. The molecule has 0 amide bonds. The maximum absolute atomic E-state index is 11.4. The van der Waals surface area contributed by atoms with Crippen LogP contribution in [0, 0.1) is 0 Å². The quantitative estimate of drug-likeness (QED) is 0.684. The van der Waals surface area contributed by atoms with Gasteiger partial charge >= 0.3 is 5.97 Å². The molecular formula is C15H13NO2S2. The molecule has 2 aliphatic heterocycles. The fourth-order valence-corrected chi connectivity index (χ4v) is 4.28. The van der Waals surface area contributed by atoms with E-state index in [-0.39, 0.29) is 5.37 Å². The third kappa shape index (κ3) is 1.98. The van der Waals surface area contributed by atoms with Gasteiger partial charge in [-0.05, 0) is 18.1 Å². The molecule has 3 nitrogen and oxygen atoms in total. The predicted octanol–water partition coefficient (Wildman–Crippen LogP) is 3.49. The maximum atomic E-state index is 11.4. The van der Waals surface area contributed by atoms with Crippen molar-refractivity contribution in [3.05, 3.63) is 52.1 Å². The van der Waals surface area contributed by atoms with Gasteiger partial charge in [0.15, 0.2) is 0 Å². The first-order valence-electron chi connectivity index (χ1n) is 6.36. The van der Waals surface area contributed by atoms with Crippen molar-refractivity contribution in [3.63, 3.8) is 0 Å². The topological polar surface area (TPSA) is 40.5 Å². The molecule has 1 N–H and O–H groups in total. The molecular weight excluding hydrogens is 290 g/mol. The molecule has 1 aromatic rings. The number of carboxylic acids is 1. The lowest BCUT2D eigenvalue weighted by Gasteiger charge is -2.40. The fraction of sp³-hybridized carbons (Fsp3) is 0.200. The summed E-state index contributed by atoms with van der Waals surface area (Å²) in [5.74, 6) is -0.891. The summed E-state index contributed by atoms with van der Waals surface area (Å²) in [6.07, 6.45) is 2.77. The number of thiocarbonyl (C=S) groups is 1. The van der Waals surface area contributed by atoms with Crippen molar-refractivity contribution in [2.45, 2.75) is 18.7 Å². The Kier molecular flexibility index (Phi) is 3.40. The number of thioether (sulfide) groups is 1. The molecule has 0 aromatic heterocycles. The van der Waals surface area contributed by atoms with Gasteiger partial charge in [0.25, 0.3) is 0 Å². The van der Waals surface area contributed by atoms with E-state index in [1.807, 2.05) is 37.3 Å². The number of benzene rings is 1. The van der Waals surface area contributed by atoms with Gasteiger partial charge in [0.2, 0.25) is 0 Å². The molecule has 0 bridgehead atoms. The monoisotopic (exact) mass is 303 g/mol. The van der Waals surface area contributed by atoms with E-state index in [1.165, 1.54) is 0 Å².